The molecule has 0 unspecified atom stereocenters. The van der Waals surface area contributed by atoms with E-state index < -0.39 is 8.72 Å². The van der Waals surface area contributed by atoms with Gasteiger partial charge in [-0.25, -0.2) is 0 Å². The zero-order chi connectivity index (χ0) is 14.9. The molecule has 0 spiro atoms. The van der Waals surface area contributed by atoms with Gasteiger partial charge in [0.15, 0.2) is 0 Å². The fraction of sp³-hybridized carbons (Fsp3) is 1.00. The number of hydrogen-bond acceptors (Lipinski definition) is 4. The Kier molecular flexibility index (Phi) is 9.91. The summed E-state index contributed by atoms with van der Waals surface area (Å²) in [6, 6.07) is 0. The lowest BCUT2D eigenvalue weighted by molar-refractivity contribution is 0.248. The summed E-state index contributed by atoms with van der Waals surface area (Å²) in [4.78, 5) is 3.92. The molecule has 0 aliphatic carbocycles. The van der Waals surface area contributed by atoms with Gasteiger partial charge in [0.2, 0.25) is 0 Å². The van der Waals surface area contributed by atoms with Gasteiger partial charge in [-0.2, -0.15) is 0 Å². The van der Waals surface area contributed by atoms with Gasteiger partial charge in [0.1, 0.15) is 0 Å². The largest absolute Gasteiger partial charge is 0.374 e. The molecule has 0 fully saturated rings. The number of nitrogens with zero attached hydrogens (tertiary/aromatic N) is 3. The maximum Gasteiger partial charge on any atom is 0.374 e. The summed E-state index contributed by atoms with van der Waals surface area (Å²) in [5, 5.41) is 0. The molecule has 0 aliphatic rings. The van der Waals surface area contributed by atoms with Crippen LogP contribution in [0.15, 0.2) is 0 Å². The first-order chi connectivity index (χ1) is 9.12. The molecule has 0 amide bonds. The Morgan fingerprint density at radius 3 is 1.00 bits per heavy atom. The van der Waals surface area contributed by atoms with E-state index in [2.05, 4.69) is 67.1 Å². The van der Waals surface area contributed by atoms with Gasteiger partial charge < -0.3 is 4.98 Å². The van der Waals surface area contributed by atoms with Crippen LogP contribution in [0.5, 0.6) is 0 Å². The summed E-state index contributed by atoms with van der Waals surface area (Å²) < 4.78 is 8.03. The quantitative estimate of drug-likeness (QED) is 0.587. The summed E-state index contributed by atoms with van der Waals surface area (Å²) in [6.07, 6.45) is 0. The van der Waals surface area contributed by atoms with Crippen molar-refractivity contribution in [3.63, 3.8) is 0 Å². The lowest BCUT2D eigenvalue weighted by atomic mass is 10.6. The average Bonchev–Trinajstić information content (AvgIpc) is 2.42. The third kappa shape index (κ3) is 4.01. The molecule has 0 heterocycles. The van der Waals surface area contributed by atoms with E-state index in [1.54, 1.807) is 0 Å². The van der Waals surface area contributed by atoms with Crippen molar-refractivity contribution in [3.8, 4) is 0 Å². The van der Waals surface area contributed by atoms with E-state index in [1.165, 1.54) is 0 Å². The zero-order valence-corrected chi connectivity index (χ0v) is 15.3. The SMILES string of the molecule is CCN[Si](N(CC)CC)(N(CC)CC)N(CC)CC. The molecule has 0 aromatic carbocycles. The van der Waals surface area contributed by atoms with Gasteiger partial charge in [0.05, 0.1) is 0 Å². The van der Waals surface area contributed by atoms with Crippen LogP contribution in [0.2, 0.25) is 0 Å². The van der Waals surface area contributed by atoms with Crippen LogP contribution in [-0.4, -0.2) is 68.2 Å². The number of rotatable bonds is 11. The summed E-state index contributed by atoms with van der Waals surface area (Å²) in [6.45, 7) is 23.7. The fourth-order valence-electron chi connectivity index (χ4n) is 3.17. The van der Waals surface area contributed by atoms with Crippen molar-refractivity contribution in [1.29, 1.82) is 0 Å². The molecule has 0 bridgehead atoms. The minimum atomic E-state index is -1.93. The highest BCUT2D eigenvalue weighted by atomic mass is 28.4. The molecule has 0 aromatic heterocycles. The lowest BCUT2D eigenvalue weighted by Crippen LogP contribution is -2.82. The third-order valence-corrected chi connectivity index (χ3v) is 9.40. The van der Waals surface area contributed by atoms with E-state index in [4.69, 9.17) is 0 Å². The Balaban J connectivity index is 5.68. The lowest BCUT2D eigenvalue weighted by Gasteiger charge is -2.52. The van der Waals surface area contributed by atoms with Crippen LogP contribution < -0.4 is 4.98 Å². The Morgan fingerprint density at radius 1 is 0.579 bits per heavy atom. The van der Waals surface area contributed by atoms with Crippen LogP contribution in [0.4, 0.5) is 0 Å². The number of nitrogens with one attached hydrogen (secondary N) is 1. The van der Waals surface area contributed by atoms with Crippen LogP contribution in [0.3, 0.4) is 0 Å². The first-order valence-corrected chi connectivity index (χ1v) is 9.96. The summed E-state index contributed by atoms with van der Waals surface area (Å²) in [7, 11) is -1.93. The Bertz CT molecular complexity index is 182. The summed E-state index contributed by atoms with van der Waals surface area (Å²) in [5.41, 5.74) is 0. The molecule has 1 N–H and O–H groups in total. The molecule has 0 radical (unpaired) electrons. The second-order valence-electron chi connectivity index (χ2n) is 4.68. The Labute approximate surface area is 122 Å². The second kappa shape index (κ2) is 9.88. The topological polar surface area (TPSA) is 21.8 Å². The standard InChI is InChI=1S/C14H36N4Si/c1-8-15-19(16(9-2)10-3,17(11-4)12-5)18(13-6)14-7/h15H,8-14H2,1-7H3. The minimum absolute atomic E-state index is 1.04. The van der Waals surface area contributed by atoms with E-state index >= 15 is 0 Å². The van der Waals surface area contributed by atoms with Crippen molar-refractivity contribution in [2.45, 2.75) is 48.5 Å². The van der Waals surface area contributed by atoms with Crippen molar-refractivity contribution in [2.24, 2.45) is 0 Å². The molecular weight excluding hydrogens is 252 g/mol. The van der Waals surface area contributed by atoms with Gasteiger partial charge in [0, 0.05) is 0 Å². The molecule has 19 heavy (non-hydrogen) atoms. The second-order valence-corrected chi connectivity index (χ2v) is 8.20. The normalized spacial score (nSPS) is 12.9. The highest BCUT2D eigenvalue weighted by Gasteiger charge is 2.48. The van der Waals surface area contributed by atoms with E-state index in [0.29, 0.717) is 0 Å². The van der Waals surface area contributed by atoms with Crippen LogP contribution >= 0.6 is 0 Å². The van der Waals surface area contributed by atoms with Gasteiger partial charge >= 0.3 is 8.72 Å². The van der Waals surface area contributed by atoms with E-state index in [-0.39, 0.29) is 0 Å². The van der Waals surface area contributed by atoms with Crippen LogP contribution in [-0.2, 0) is 0 Å². The zero-order valence-electron chi connectivity index (χ0n) is 14.3. The van der Waals surface area contributed by atoms with Crippen molar-refractivity contribution in [1.82, 2.24) is 18.7 Å². The third-order valence-electron chi connectivity index (χ3n) is 4.03. The molecule has 0 saturated heterocycles. The predicted octanol–water partition coefficient (Wildman–Crippen LogP) is 2.06. The van der Waals surface area contributed by atoms with Crippen LogP contribution in [0, 0.1) is 0 Å². The molecule has 0 aliphatic heterocycles. The molecule has 116 valence electrons. The first-order valence-electron chi connectivity index (χ1n) is 8.12. The van der Waals surface area contributed by atoms with Crippen molar-refractivity contribution in [3.05, 3.63) is 0 Å². The molecule has 0 aromatic rings. The highest BCUT2D eigenvalue weighted by Crippen LogP contribution is 2.18. The van der Waals surface area contributed by atoms with Gasteiger partial charge in [-0.05, 0) is 45.8 Å². The van der Waals surface area contributed by atoms with Gasteiger partial charge in [0.25, 0.3) is 0 Å². The van der Waals surface area contributed by atoms with Crippen molar-refractivity contribution >= 4 is 8.72 Å². The highest BCUT2D eigenvalue weighted by molar-refractivity contribution is 6.69. The Morgan fingerprint density at radius 2 is 0.842 bits per heavy atom. The smallest absolute Gasteiger partial charge is 0.301 e. The van der Waals surface area contributed by atoms with E-state index in [0.717, 1.165) is 45.8 Å². The molecule has 5 heteroatoms. The maximum absolute atomic E-state index is 3.92. The fourth-order valence-corrected chi connectivity index (χ4v) is 8.16. The van der Waals surface area contributed by atoms with Crippen molar-refractivity contribution in [2.75, 3.05) is 45.8 Å². The van der Waals surface area contributed by atoms with Crippen LogP contribution in [0.25, 0.3) is 0 Å². The summed E-state index contributed by atoms with van der Waals surface area (Å²) >= 11 is 0. The minimum Gasteiger partial charge on any atom is -0.301 e. The predicted molar refractivity (Wildman–Crippen MR) is 88.2 cm³/mol. The maximum atomic E-state index is 3.92. The Hall–Kier alpha value is 0.0569. The molecule has 4 nitrogen and oxygen atoms in total. The summed E-state index contributed by atoms with van der Waals surface area (Å²) in [5.74, 6) is 0. The van der Waals surface area contributed by atoms with Crippen molar-refractivity contribution < 1.29 is 0 Å². The molecule has 0 atom stereocenters. The van der Waals surface area contributed by atoms with Gasteiger partial charge in [-0.15, -0.1) is 0 Å². The van der Waals surface area contributed by atoms with Gasteiger partial charge in [-0.1, -0.05) is 48.5 Å². The van der Waals surface area contributed by atoms with Gasteiger partial charge in [-0.3, -0.25) is 13.7 Å². The van der Waals surface area contributed by atoms with E-state index in [9.17, 15) is 0 Å². The molecular formula is C14H36N4Si. The first kappa shape index (κ1) is 19.1. The number of hydrogen-bond donors (Lipinski definition) is 1. The monoisotopic (exact) mass is 288 g/mol. The molecule has 0 saturated carbocycles. The van der Waals surface area contributed by atoms with Crippen LogP contribution in [0.1, 0.15) is 48.5 Å². The average molecular weight is 289 g/mol. The van der Waals surface area contributed by atoms with E-state index in [1.807, 2.05) is 0 Å². The molecule has 0 rings (SSSR count).